The summed E-state index contributed by atoms with van der Waals surface area (Å²) in [7, 11) is 1.28. The van der Waals surface area contributed by atoms with Gasteiger partial charge >= 0.3 is 11.9 Å². The Labute approximate surface area is 141 Å². The third kappa shape index (κ3) is 4.77. The summed E-state index contributed by atoms with van der Waals surface area (Å²) in [6.07, 6.45) is -0.615. The van der Waals surface area contributed by atoms with Crippen LogP contribution in [-0.4, -0.2) is 48.7 Å². The highest BCUT2D eigenvalue weighted by Gasteiger charge is 2.45. The number of rotatable bonds is 6. The van der Waals surface area contributed by atoms with Gasteiger partial charge in [0.1, 0.15) is 6.10 Å². The van der Waals surface area contributed by atoms with Crippen molar-refractivity contribution in [1.29, 1.82) is 0 Å². The van der Waals surface area contributed by atoms with Gasteiger partial charge in [-0.05, 0) is 19.4 Å². The Balaban J connectivity index is 2.26. The van der Waals surface area contributed by atoms with Crippen LogP contribution >= 0.6 is 0 Å². The lowest BCUT2D eigenvalue weighted by Crippen LogP contribution is -2.51. The minimum atomic E-state index is -0.930. The SMILES string of the molecule is COC(=O)[C@@H]([C@H]1COC(C)(C)O1)N(Cc1ccccc1)OC(C)=O. The van der Waals surface area contributed by atoms with Crippen LogP contribution in [0.4, 0.5) is 0 Å². The molecule has 0 amide bonds. The lowest BCUT2D eigenvalue weighted by molar-refractivity contribution is -0.225. The molecule has 0 bridgehead atoms. The molecule has 0 aromatic heterocycles. The number of esters is 1. The predicted octanol–water partition coefficient (Wildman–Crippen LogP) is 1.66. The number of carbonyl (C=O) groups is 2. The molecule has 0 radical (unpaired) electrons. The molecule has 7 nitrogen and oxygen atoms in total. The summed E-state index contributed by atoms with van der Waals surface area (Å²) in [6.45, 7) is 5.21. The fourth-order valence-electron chi connectivity index (χ4n) is 2.56. The number of hydrogen-bond acceptors (Lipinski definition) is 7. The first-order chi connectivity index (χ1) is 11.3. The van der Waals surface area contributed by atoms with E-state index < -0.39 is 29.9 Å². The standard InChI is InChI=1S/C17H23NO6/c1-12(19)24-18(10-13-8-6-5-7-9-13)15(16(20)21-4)14-11-22-17(2,3)23-14/h5-9,14-15H,10-11H2,1-4H3/t14-,15-/m1/s1. The lowest BCUT2D eigenvalue weighted by Gasteiger charge is -2.31. The van der Waals surface area contributed by atoms with Crippen LogP contribution in [0.1, 0.15) is 26.3 Å². The minimum Gasteiger partial charge on any atom is -0.468 e. The molecule has 7 heteroatoms. The van der Waals surface area contributed by atoms with Crippen molar-refractivity contribution in [2.24, 2.45) is 0 Å². The Hall–Kier alpha value is -1.96. The molecule has 1 fully saturated rings. The van der Waals surface area contributed by atoms with Gasteiger partial charge in [-0.3, -0.25) is 9.59 Å². The van der Waals surface area contributed by atoms with Gasteiger partial charge in [0.05, 0.1) is 20.3 Å². The summed E-state index contributed by atoms with van der Waals surface area (Å²) in [4.78, 5) is 29.1. The summed E-state index contributed by atoms with van der Waals surface area (Å²) in [5.41, 5.74) is 0.880. The van der Waals surface area contributed by atoms with Gasteiger partial charge in [-0.15, -0.1) is 5.06 Å². The van der Waals surface area contributed by atoms with Crippen LogP contribution < -0.4 is 0 Å². The van der Waals surface area contributed by atoms with Gasteiger partial charge < -0.3 is 19.0 Å². The molecule has 2 rings (SSSR count). The number of carbonyl (C=O) groups excluding carboxylic acids is 2. The molecule has 0 unspecified atom stereocenters. The van der Waals surface area contributed by atoms with Gasteiger partial charge in [-0.2, -0.15) is 0 Å². The first-order valence-corrected chi connectivity index (χ1v) is 7.71. The topological polar surface area (TPSA) is 74.3 Å². The van der Waals surface area contributed by atoms with E-state index in [-0.39, 0.29) is 13.2 Å². The molecule has 0 aliphatic carbocycles. The van der Waals surface area contributed by atoms with Crippen LogP contribution in [0.25, 0.3) is 0 Å². The first kappa shape index (κ1) is 18.4. The largest absolute Gasteiger partial charge is 0.468 e. The smallest absolute Gasteiger partial charge is 0.329 e. The zero-order valence-electron chi connectivity index (χ0n) is 14.4. The highest BCUT2D eigenvalue weighted by molar-refractivity contribution is 5.77. The zero-order valence-corrected chi connectivity index (χ0v) is 14.4. The molecule has 1 aromatic rings. The summed E-state index contributed by atoms with van der Waals surface area (Å²) in [6, 6.07) is 8.44. The summed E-state index contributed by atoms with van der Waals surface area (Å²) >= 11 is 0. The van der Waals surface area contributed by atoms with Crippen LogP contribution in [0.3, 0.4) is 0 Å². The van der Waals surface area contributed by atoms with Crippen molar-refractivity contribution in [1.82, 2.24) is 5.06 Å². The van der Waals surface area contributed by atoms with Crippen LogP contribution in [0.15, 0.2) is 30.3 Å². The van der Waals surface area contributed by atoms with Crippen molar-refractivity contribution in [2.45, 2.75) is 45.2 Å². The molecular formula is C17H23NO6. The number of methoxy groups -OCH3 is 1. The summed E-state index contributed by atoms with van der Waals surface area (Å²) in [5.74, 6) is -1.90. The lowest BCUT2D eigenvalue weighted by atomic mass is 10.1. The zero-order chi connectivity index (χ0) is 17.7. The molecule has 132 valence electrons. The minimum absolute atomic E-state index is 0.194. The van der Waals surface area contributed by atoms with E-state index in [4.69, 9.17) is 19.0 Å². The van der Waals surface area contributed by atoms with Gasteiger partial charge in [-0.25, -0.2) is 0 Å². The van der Waals surface area contributed by atoms with E-state index in [1.165, 1.54) is 19.1 Å². The van der Waals surface area contributed by atoms with E-state index in [0.717, 1.165) is 5.56 Å². The van der Waals surface area contributed by atoms with Crippen molar-refractivity contribution in [3.05, 3.63) is 35.9 Å². The molecule has 0 spiro atoms. The number of hydrogen-bond donors (Lipinski definition) is 0. The van der Waals surface area contributed by atoms with E-state index in [1.807, 2.05) is 30.3 Å². The van der Waals surface area contributed by atoms with E-state index >= 15 is 0 Å². The quantitative estimate of drug-likeness (QED) is 0.577. The normalized spacial score (nSPS) is 20.6. The third-order valence-electron chi connectivity index (χ3n) is 3.56. The van der Waals surface area contributed by atoms with Gasteiger partial charge in [0.15, 0.2) is 11.8 Å². The van der Waals surface area contributed by atoms with Crippen molar-refractivity contribution in [3.8, 4) is 0 Å². The van der Waals surface area contributed by atoms with Crippen molar-refractivity contribution in [3.63, 3.8) is 0 Å². The molecule has 1 saturated heterocycles. The van der Waals surface area contributed by atoms with Crippen LogP contribution in [0.2, 0.25) is 0 Å². The summed E-state index contributed by atoms with van der Waals surface area (Å²) < 4.78 is 16.2. The first-order valence-electron chi connectivity index (χ1n) is 7.71. The monoisotopic (exact) mass is 337 g/mol. The van der Waals surface area contributed by atoms with Gasteiger partial charge in [-0.1, -0.05) is 30.3 Å². The number of ether oxygens (including phenoxy) is 3. The molecule has 1 aliphatic rings. The Morgan fingerprint density at radius 2 is 2.00 bits per heavy atom. The van der Waals surface area contributed by atoms with Gasteiger partial charge in [0, 0.05) is 6.92 Å². The van der Waals surface area contributed by atoms with Crippen LogP contribution in [0.5, 0.6) is 0 Å². The Kier molecular flexibility index (Phi) is 5.93. The Bertz CT molecular complexity index is 574. The second-order valence-electron chi connectivity index (χ2n) is 5.98. The van der Waals surface area contributed by atoms with Crippen LogP contribution in [-0.2, 0) is 35.2 Å². The fraction of sp³-hybridized carbons (Fsp3) is 0.529. The van der Waals surface area contributed by atoms with Crippen LogP contribution in [0, 0.1) is 0 Å². The molecule has 1 heterocycles. The Morgan fingerprint density at radius 3 is 2.50 bits per heavy atom. The van der Waals surface area contributed by atoms with Gasteiger partial charge in [0.2, 0.25) is 0 Å². The highest BCUT2D eigenvalue weighted by Crippen LogP contribution is 2.27. The molecule has 2 atom stereocenters. The fourth-order valence-corrected chi connectivity index (χ4v) is 2.56. The maximum absolute atomic E-state index is 12.3. The molecular weight excluding hydrogens is 314 g/mol. The van der Waals surface area contributed by atoms with E-state index in [9.17, 15) is 9.59 Å². The van der Waals surface area contributed by atoms with Crippen molar-refractivity contribution < 1.29 is 28.6 Å². The maximum Gasteiger partial charge on any atom is 0.329 e. The highest BCUT2D eigenvalue weighted by atomic mass is 16.8. The second-order valence-corrected chi connectivity index (χ2v) is 5.98. The average Bonchev–Trinajstić information content (AvgIpc) is 2.87. The molecule has 0 N–H and O–H groups in total. The number of benzene rings is 1. The average molecular weight is 337 g/mol. The molecule has 1 aromatic carbocycles. The van der Waals surface area contributed by atoms with Crippen molar-refractivity contribution >= 4 is 11.9 Å². The Morgan fingerprint density at radius 1 is 1.33 bits per heavy atom. The van der Waals surface area contributed by atoms with E-state index in [2.05, 4.69) is 0 Å². The van der Waals surface area contributed by atoms with Gasteiger partial charge in [0.25, 0.3) is 0 Å². The number of nitrogens with zero attached hydrogens (tertiary/aromatic N) is 1. The molecule has 0 saturated carbocycles. The second kappa shape index (κ2) is 7.74. The van der Waals surface area contributed by atoms with E-state index in [0.29, 0.717) is 0 Å². The molecule has 24 heavy (non-hydrogen) atoms. The van der Waals surface area contributed by atoms with Crippen molar-refractivity contribution in [2.75, 3.05) is 13.7 Å². The maximum atomic E-state index is 12.3. The molecule has 1 aliphatic heterocycles. The van der Waals surface area contributed by atoms with E-state index in [1.54, 1.807) is 13.8 Å². The summed E-state index contributed by atoms with van der Waals surface area (Å²) in [5, 5.41) is 1.29. The number of hydroxylamine groups is 2. The third-order valence-corrected chi connectivity index (χ3v) is 3.56. The predicted molar refractivity (Wildman–Crippen MR) is 84.5 cm³/mol.